The third-order valence-corrected chi connectivity index (χ3v) is 3.95. The molecule has 23 heavy (non-hydrogen) atoms. The van der Waals surface area contributed by atoms with E-state index >= 15 is 0 Å². The minimum absolute atomic E-state index is 0.0673. The lowest BCUT2D eigenvalue weighted by Gasteiger charge is -2.17. The van der Waals surface area contributed by atoms with E-state index in [2.05, 4.69) is 16.0 Å². The molecule has 2 amide bonds. The zero-order valence-corrected chi connectivity index (χ0v) is 13.5. The molecule has 0 unspecified atom stereocenters. The van der Waals surface area contributed by atoms with Gasteiger partial charge >= 0.3 is 0 Å². The maximum absolute atomic E-state index is 13.6. The van der Waals surface area contributed by atoms with Crippen molar-refractivity contribution in [3.05, 3.63) is 24.0 Å². The van der Waals surface area contributed by atoms with E-state index in [0.717, 1.165) is 25.7 Å². The van der Waals surface area contributed by atoms with Crippen LogP contribution in [0.25, 0.3) is 0 Å². The minimum Gasteiger partial charge on any atom is -0.376 e. The smallest absolute Gasteiger partial charge is 0.239 e. The van der Waals surface area contributed by atoms with Gasteiger partial charge in [0.15, 0.2) is 0 Å². The SMILES string of the molecule is CC(=O)Nc1cc(NCC(=O)NC2CCCCCC2)ccc1F. The zero-order chi connectivity index (χ0) is 16.7. The predicted molar refractivity (Wildman–Crippen MR) is 88.8 cm³/mol. The van der Waals surface area contributed by atoms with Crippen LogP contribution in [0.2, 0.25) is 0 Å². The van der Waals surface area contributed by atoms with Crippen molar-refractivity contribution in [2.45, 2.75) is 51.5 Å². The zero-order valence-electron chi connectivity index (χ0n) is 13.5. The molecule has 1 aromatic rings. The molecule has 0 aromatic heterocycles. The average molecular weight is 321 g/mol. The van der Waals surface area contributed by atoms with E-state index in [0.29, 0.717) is 5.69 Å². The van der Waals surface area contributed by atoms with Gasteiger partial charge in [0.2, 0.25) is 11.8 Å². The molecule has 0 atom stereocenters. The molecule has 1 aliphatic rings. The van der Waals surface area contributed by atoms with Crippen LogP contribution in [-0.2, 0) is 9.59 Å². The maximum atomic E-state index is 13.6. The molecule has 0 radical (unpaired) electrons. The van der Waals surface area contributed by atoms with Gasteiger partial charge in [0.25, 0.3) is 0 Å². The number of nitrogens with one attached hydrogen (secondary N) is 3. The minimum atomic E-state index is -0.506. The summed E-state index contributed by atoms with van der Waals surface area (Å²) < 4.78 is 13.6. The summed E-state index contributed by atoms with van der Waals surface area (Å²) in [5.74, 6) is -0.914. The molecular formula is C17H24FN3O2. The molecule has 2 rings (SSSR count). The van der Waals surface area contributed by atoms with Crippen LogP contribution < -0.4 is 16.0 Å². The van der Waals surface area contributed by atoms with E-state index < -0.39 is 5.82 Å². The second-order valence-corrected chi connectivity index (χ2v) is 5.99. The van der Waals surface area contributed by atoms with Gasteiger partial charge in [-0.2, -0.15) is 0 Å². The number of benzene rings is 1. The van der Waals surface area contributed by atoms with Gasteiger partial charge in [-0.05, 0) is 31.0 Å². The molecule has 5 nitrogen and oxygen atoms in total. The first kappa shape index (κ1) is 17.2. The van der Waals surface area contributed by atoms with Crippen LogP contribution in [0.1, 0.15) is 45.4 Å². The molecule has 0 aliphatic heterocycles. The highest BCUT2D eigenvalue weighted by atomic mass is 19.1. The monoisotopic (exact) mass is 321 g/mol. The fourth-order valence-corrected chi connectivity index (χ4v) is 2.81. The highest BCUT2D eigenvalue weighted by Crippen LogP contribution is 2.20. The number of rotatable bonds is 5. The number of anilines is 2. The number of halogens is 1. The van der Waals surface area contributed by atoms with Crippen molar-refractivity contribution in [1.29, 1.82) is 0 Å². The van der Waals surface area contributed by atoms with E-state index in [1.165, 1.54) is 31.9 Å². The highest BCUT2D eigenvalue weighted by Gasteiger charge is 2.14. The number of carbonyl (C=O) groups is 2. The largest absolute Gasteiger partial charge is 0.376 e. The van der Waals surface area contributed by atoms with Crippen LogP contribution >= 0.6 is 0 Å². The first-order valence-corrected chi connectivity index (χ1v) is 8.15. The third-order valence-electron chi connectivity index (χ3n) is 3.95. The summed E-state index contributed by atoms with van der Waals surface area (Å²) in [6, 6.07) is 4.54. The van der Waals surface area contributed by atoms with E-state index in [9.17, 15) is 14.0 Å². The number of hydrogen-bond donors (Lipinski definition) is 3. The molecule has 3 N–H and O–H groups in total. The summed E-state index contributed by atoms with van der Waals surface area (Å²) >= 11 is 0. The van der Waals surface area contributed by atoms with Crippen LogP contribution in [0.4, 0.5) is 15.8 Å². The van der Waals surface area contributed by atoms with Gasteiger partial charge in [-0.3, -0.25) is 9.59 Å². The van der Waals surface area contributed by atoms with Crippen molar-refractivity contribution in [3.8, 4) is 0 Å². The van der Waals surface area contributed by atoms with Crippen molar-refractivity contribution in [2.24, 2.45) is 0 Å². The molecule has 1 fully saturated rings. The number of hydrogen-bond acceptors (Lipinski definition) is 3. The summed E-state index contributed by atoms with van der Waals surface area (Å²) in [4.78, 5) is 23.0. The Morgan fingerprint density at radius 2 is 1.87 bits per heavy atom. The quantitative estimate of drug-likeness (QED) is 0.730. The first-order valence-electron chi connectivity index (χ1n) is 8.15. The molecule has 126 valence electrons. The highest BCUT2D eigenvalue weighted by molar-refractivity contribution is 5.89. The third kappa shape index (κ3) is 5.88. The Morgan fingerprint density at radius 3 is 2.52 bits per heavy atom. The molecule has 1 saturated carbocycles. The molecule has 1 aliphatic carbocycles. The Hall–Kier alpha value is -2.11. The van der Waals surface area contributed by atoms with Crippen LogP contribution in [0.3, 0.4) is 0 Å². The molecular weight excluding hydrogens is 297 g/mol. The van der Waals surface area contributed by atoms with Crippen LogP contribution in [-0.4, -0.2) is 24.4 Å². The summed E-state index contributed by atoms with van der Waals surface area (Å²) in [5, 5.41) is 8.42. The van der Waals surface area contributed by atoms with E-state index in [4.69, 9.17) is 0 Å². The molecule has 0 spiro atoms. The van der Waals surface area contributed by atoms with Gasteiger partial charge < -0.3 is 16.0 Å². The standard InChI is InChI=1S/C17H24FN3O2/c1-12(22)20-16-10-14(8-9-15(16)18)19-11-17(23)21-13-6-4-2-3-5-7-13/h8-10,13,19H,2-7,11H2,1H3,(H,20,22)(H,21,23). The number of carbonyl (C=O) groups excluding carboxylic acids is 2. The van der Waals surface area contributed by atoms with Crippen LogP contribution in [0.15, 0.2) is 18.2 Å². The Bertz CT molecular complexity index is 555. The van der Waals surface area contributed by atoms with E-state index in [1.807, 2.05) is 0 Å². The molecule has 0 heterocycles. The van der Waals surface area contributed by atoms with Crippen molar-refractivity contribution in [1.82, 2.24) is 5.32 Å². The lowest BCUT2D eigenvalue weighted by molar-refractivity contribution is -0.120. The van der Waals surface area contributed by atoms with Crippen LogP contribution in [0, 0.1) is 5.82 Å². The summed E-state index contributed by atoms with van der Waals surface area (Å²) in [5.41, 5.74) is 0.692. The van der Waals surface area contributed by atoms with Gasteiger partial charge in [-0.15, -0.1) is 0 Å². The summed E-state index contributed by atoms with van der Waals surface area (Å²) in [6.45, 7) is 1.45. The van der Waals surface area contributed by atoms with Gasteiger partial charge in [0.1, 0.15) is 5.82 Å². The summed E-state index contributed by atoms with van der Waals surface area (Å²) in [7, 11) is 0. The van der Waals surface area contributed by atoms with Crippen molar-refractivity contribution < 1.29 is 14.0 Å². The topological polar surface area (TPSA) is 70.2 Å². The average Bonchev–Trinajstić information content (AvgIpc) is 2.76. The Balaban J connectivity index is 1.84. The molecule has 6 heteroatoms. The van der Waals surface area contributed by atoms with Gasteiger partial charge in [-0.1, -0.05) is 25.7 Å². The van der Waals surface area contributed by atoms with Crippen molar-refractivity contribution in [2.75, 3.05) is 17.2 Å². The molecule has 1 aromatic carbocycles. The van der Waals surface area contributed by atoms with Crippen molar-refractivity contribution >= 4 is 23.2 Å². The fraction of sp³-hybridized carbons (Fsp3) is 0.529. The lowest BCUT2D eigenvalue weighted by Crippen LogP contribution is -2.38. The predicted octanol–water partition coefficient (Wildman–Crippen LogP) is 3.04. The lowest BCUT2D eigenvalue weighted by atomic mass is 10.1. The van der Waals surface area contributed by atoms with Crippen LogP contribution in [0.5, 0.6) is 0 Å². The van der Waals surface area contributed by atoms with E-state index in [1.54, 1.807) is 6.07 Å². The van der Waals surface area contributed by atoms with E-state index in [-0.39, 0.29) is 30.1 Å². The Kier molecular flexibility index (Phi) is 6.38. The van der Waals surface area contributed by atoms with Gasteiger partial charge in [0.05, 0.1) is 12.2 Å². The van der Waals surface area contributed by atoms with Gasteiger partial charge in [0, 0.05) is 18.7 Å². The molecule has 0 saturated heterocycles. The fourth-order valence-electron chi connectivity index (χ4n) is 2.81. The maximum Gasteiger partial charge on any atom is 0.239 e. The number of amides is 2. The Morgan fingerprint density at radius 1 is 1.17 bits per heavy atom. The summed E-state index contributed by atoms with van der Waals surface area (Å²) in [6.07, 6.45) is 6.88. The normalized spacial score (nSPS) is 15.6. The second-order valence-electron chi connectivity index (χ2n) is 5.99. The van der Waals surface area contributed by atoms with Crippen molar-refractivity contribution in [3.63, 3.8) is 0 Å². The second kappa shape index (κ2) is 8.50. The first-order chi connectivity index (χ1) is 11.0. The molecule has 0 bridgehead atoms. The Labute approximate surface area is 136 Å². The van der Waals surface area contributed by atoms with Gasteiger partial charge in [-0.25, -0.2) is 4.39 Å².